The van der Waals surface area contributed by atoms with Gasteiger partial charge in [-0.2, -0.15) is 0 Å². The van der Waals surface area contributed by atoms with Crippen LogP contribution in [0, 0.1) is 5.41 Å². The van der Waals surface area contributed by atoms with Crippen LogP contribution in [0.25, 0.3) is 0 Å². The lowest BCUT2D eigenvalue weighted by atomic mass is 9.63. The Morgan fingerprint density at radius 2 is 2.12 bits per heavy atom. The largest absolute Gasteiger partial charge is 0.396 e. The van der Waals surface area contributed by atoms with Crippen LogP contribution in [-0.4, -0.2) is 18.8 Å². The molecule has 0 aliphatic heterocycles. The smallest absolute Gasteiger partial charge is 0.0505 e. The van der Waals surface area contributed by atoms with Crippen LogP contribution in [0.3, 0.4) is 0 Å². The Balaban J connectivity index is 2.32. The fourth-order valence-corrected chi connectivity index (χ4v) is 3.18. The van der Waals surface area contributed by atoms with Crippen molar-refractivity contribution in [3.8, 4) is 0 Å². The first-order chi connectivity index (χ1) is 7.73. The Kier molecular flexibility index (Phi) is 3.67. The van der Waals surface area contributed by atoms with E-state index in [1.54, 1.807) is 0 Å². The zero-order valence-electron chi connectivity index (χ0n) is 9.54. The topological polar surface area (TPSA) is 32.3 Å². The molecule has 1 aromatic rings. The number of halogens is 1. The number of hydrogen-bond acceptors (Lipinski definition) is 2. The number of benzene rings is 1. The molecule has 0 heterocycles. The zero-order chi connectivity index (χ0) is 11.6. The van der Waals surface area contributed by atoms with Crippen LogP contribution in [0.2, 0.25) is 0 Å². The lowest BCUT2D eigenvalue weighted by Crippen LogP contribution is -2.44. The predicted molar refractivity (Wildman–Crippen MR) is 69.3 cm³/mol. The van der Waals surface area contributed by atoms with E-state index in [0.29, 0.717) is 0 Å². The average Bonchev–Trinajstić information content (AvgIpc) is 2.25. The van der Waals surface area contributed by atoms with Gasteiger partial charge in [-0.25, -0.2) is 0 Å². The lowest BCUT2D eigenvalue weighted by molar-refractivity contribution is 0.00761. The van der Waals surface area contributed by atoms with Gasteiger partial charge in [0.1, 0.15) is 0 Å². The maximum atomic E-state index is 9.63. The van der Waals surface area contributed by atoms with Gasteiger partial charge in [0.25, 0.3) is 0 Å². The van der Waals surface area contributed by atoms with E-state index in [4.69, 9.17) is 0 Å². The number of rotatable bonds is 4. The number of nitrogens with one attached hydrogen (secondary N) is 1. The minimum Gasteiger partial charge on any atom is -0.396 e. The van der Waals surface area contributed by atoms with Gasteiger partial charge >= 0.3 is 0 Å². The molecule has 1 fully saturated rings. The highest BCUT2D eigenvalue weighted by molar-refractivity contribution is 9.10. The van der Waals surface area contributed by atoms with Crippen molar-refractivity contribution in [2.45, 2.75) is 25.3 Å². The maximum absolute atomic E-state index is 9.63. The number of aliphatic hydroxyl groups excluding tert-OH is 1. The molecular weight excluding hydrogens is 266 g/mol. The molecule has 1 aliphatic carbocycles. The summed E-state index contributed by atoms with van der Waals surface area (Å²) in [5.74, 6) is 0. The van der Waals surface area contributed by atoms with E-state index >= 15 is 0 Å². The molecule has 0 spiro atoms. The molecule has 88 valence electrons. The highest BCUT2D eigenvalue weighted by Crippen LogP contribution is 2.50. The number of hydrogen-bond donors (Lipinski definition) is 2. The van der Waals surface area contributed by atoms with Crippen molar-refractivity contribution in [1.82, 2.24) is 5.32 Å². The van der Waals surface area contributed by atoms with Crippen molar-refractivity contribution in [1.29, 1.82) is 0 Å². The standard InChI is InChI=1S/C13H18BrNO/c1-15-12(13(9-16)7-4-8-13)10-5-2-3-6-11(10)14/h2-3,5-6,12,15-16H,4,7-9H2,1H3. The van der Waals surface area contributed by atoms with E-state index in [-0.39, 0.29) is 18.1 Å². The summed E-state index contributed by atoms with van der Waals surface area (Å²) in [7, 11) is 1.97. The Bertz CT molecular complexity index is 357. The summed E-state index contributed by atoms with van der Waals surface area (Å²) in [6.45, 7) is 0.264. The highest BCUT2D eigenvalue weighted by atomic mass is 79.9. The summed E-state index contributed by atoms with van der Waals surface area (Å²) in [5.41, 5.74) is 1.29. The Hall–Kier alpha value is -0.380. The highest BCUT2D eigenvalue weighted by Gasteiger charge is 2.44. The summed E-state index contributed by atoms with van der Waals surface area (Å²) < 4.78 is 1.12. The van der Waals surface area contributed by atoms with Crippen molar-refractivity contribution >= 4 is 15.9 Å². The third-order valence-corrected chi connectivity index (χ3v) is 4.50. The van der Waals surface area contributed by atoms with Gasteiger partial charge in [-0.3, -0.25) is 0 Å². The SMILES string of the molecule is CNC(c1ccccc1Br)C1(CO)CCC1. The normalized spacial score (nSPS) is 20.2. The van der Waals surface area contributed by atoms with Crippen LogP contribution in [0.1, 0.15) is 30.9 Å². The molecule has 0 amide bonds. The van der Waals surface area contributed by atoms with E-state index in [1.807, 2.05) is 19.2 Å². The first-order valence-corrected chi connectivity index (χ1v) is 6.55. The van der Waals surface area contributed by atoms with E-state index in [9.17, 15) is 5.11 Å². The van der Waals surface area contributed by atoms with Crippen molar-refractivity contribution in [2.24, 2.45) is 5.41 Å². The van der Waals surface area contributed by atoms with E-state index in [0.717, 1.165) is 17.3 Å². The molecule has 2 nitrogen and oxygen atoms in total. The molecule has 0 radical (unpaired) electrons. The van der Waals surface area contributed by atoms with Gasteiger partial charge in [-0.05, 0) is 31.5 Å². The first-order valence-electron chi connectivity index (χ1n) is 5.76. The molecule has 1 saturated carbocycles. The number of aliphatic hydroxyl groups is 1. The van der Waals surface area contributed by atoms with Crippen molar-refractivity contribution in [3.63, 3.8) is 0 Å². The second-order valence-corrected chi connectivity index (χ2v) is 5.47. The predicted octanol–water partition coefficient (Wildman–Crippen LogP) is 2.87. The Labute approximate surface area is 105 Å². The van der Waals surface area contributed by atoms with Crippen molar-refractivity contribution < 1.29 is 5.11 Å². The first kappa shape index (κ1) is 12.1. The average molecular weight is 284 g/mol. The Morgan fingerprint density at radius 3 is 2.56 bits per heavy atom. The summed E-state index contributed by atoms with van der Waals surface area (Å²) in [5, 5.41) is 13.0. The minimum atomic E-state index is 0.0403. The van der Waals surface area contributed by atoms with Crippen LogP contribution in [-0.2, 0) is 0 Å². The van der Waals surface area contributed by atoms with Gasteiger partial charge in [-0.15, -0.1) is 0 Å². The molecule has 0 saturated heterocycles. The molecule has 1 unspecified atom stereocenters. The fraction of sp³-hybridized carbons (Fsp3) is 0.538. The molecule has 0 bridgehead atoms. The second-order valence-electron chi connectivity index (χ2n) is 4.62. The van der Waals surface area contributed by atoms with Crippen LogP contribution in [0.4, 0.5) is 0 Å². The molecule has 1 aromatic carbocycles. The molecule has 16 heavy (non-hydrogen) atoms. The molecule has 0 aromatic heterocycles. The van der Waals surface area contributed by atoms with E-state index < -0.39 is 0 Å². The molecule has 2 N–H and O–H groups in total. The van der Waals surface area contributed by atoms with Crippen LogP contribution in [0.15, 0.2) is 28.7 Å². The molecule has 1 atom stereocenters. The third kappa shape index (κ3) is 1.92. The van der Waals surface area contributed by atoms with Crippen LogP contribution in [0.5, 0.6) is 0 Å². The third-order valence-electron chi connectivity index (χ3n) is 3.78. The van der Waals surface area contributed by atoms with Gasteiger partial charge in [0.05, 0.1) is 6.61 Å². The quantitative estimate of drug-likeness (QED) is 0.891. The zero-order valence-corrected chi connectivity index (χ0v) is 11.1. The van der Waals surface area contributed by atoms with Gasteiger partial charge in [0, 0.05) is 15.9 Å². The molecule has 3 heteroatoms. The van der Waals surface area contributed by atoms with Crippen LogP contribution < -0.4 is 5.32 Å². The van der Waals surface area contributed by atoms with Crippen molar-refractivity contribution in [2.75, 3.05) is 13.7 Å². The molecule has 1 aliphatic rings. The minimum absolute atomic E-state index is 0.0403. The van der Waals surface area contributed by atoms with E-state index in [1.165, 1.54) is 12.0 Å². The summed E-state index contributed by atoms with van der Waals surface area (Å²) in [6, 6.07) is 8.49. The van der Waals surface area contributed by atoms with Gasteiger partial charge in [0.2, 0.25) is 0 Å². The Morgan fingerprint density at radius 1 is 1.44 bits per heavy atom. The fourth-order valence-electron chi connectivity index (χ4n) is 2.67. The van der Waals surface area contributed by atoms with Gasteiger partial charge in [0.15, 0.2) is 0 Å². The van der Waals surface area contributed by atoms with Crippen LogP contribution >= 0.6 is 15.9 Å². The summed E-state index contributed by atoms with van der Waals surface area (Å²) in [4.78, 5) is 0. The summed E-state index contributed by atoms with van der Waals surface area (Å²) in [6.07, 6.45) is 3.44. The van der Waals surface area contributed by atoms with Crippen molar-refractivity contribution in [3.05, 3.63) is 34.3 Å². The second kappa shape index (κ2) is 4.86. The van der Waals surface area contributed by atoms with E-state index in [2.05, 4.69) is 33.4 Å². The monoisotopic (exact) mass is 283 g/mol. The molecular formula is C13H18BrNO. The maximum Gasteiger partial charge on any atom is 0.0505 e. The van der Waals surface area contributed by atoms with Gasteiger partial charge < -0.3 is 10.4 Å². The van der Waals surface area contributed by atoms with Gasteiger partial charge in [-0.1, -0.05) is 40.5 Å². The summed E-state index contributed by atoms with van der Waals surface area (Å²) >= 11 is 3.59. The lowest BCUT2D eigenvalue weighted by Gasteiger charge is -2.47. The molecule has 2 rings (SSSR count).